The van der Waals surface area contributed by atoms with Crippen molar-refractivity contribution in [2.45, 2.75) is 13.3 Å². The average Bonchev–Trinajstić information content (AvgIpc) is 3.56. The van der Waals surface area contributed by atoms with Crippen LogP contribution in [0.3, 0.4) is 0 Å². The number of carboxylic acid groups (broad SMARTS) is 1. The Morgan fingerprint density at radius 2 is 1.71 bits per heavy atom. The minimum atomic E-state index is -0.972. The molecule has 0 fully saturated rings. The van der Waals surface area contributed by atoms with Gasteiger partial charge in [-0.3, -0.25) is 14.7 Å². The maximum absolute atomic E-state index is 13.4. The van der Waals surface area contributed by atoms with Gasteiger partial charge < -0.3 is 5.11 Å². The van der Waals surface area contributed by atoms with Gasteiger partial charge in [-0.05, 0) is 6.92 Å². The number of aryl methyl sites for hydroxylation is 1. The van der Waals surface area contributed by atoms with Crippen LogP contribution in [-0.4, -0.2) is 30.8 Å². The lowest BCUT2D eigenvalue weighted by atomic mass is 10.1. The van der Waals surface area contributed by atoms with E-state index in [0.717, 1.165) is 21.7 Å². The number of azo groups is 1. The van der Waals surface area contributed by atoms with E-state index in [4.69, 9.17) is 5.11 Å². The molecule has 0 atom stereocenters. The van der Waals surface area contributed by atoms with Crippen molar-refractivity contribution in [1.82, 2.24) is 19.7 Å². The minimum absolute atomic E-state index is 0.111. The monoisotopic (exact) mass is 502 g/mol. The van der Waals surface area contributed by atoms with Crippen LogP contribution in [-0.2, 0) is 11.2 Å². The molecule has 0 saturated carbocycles. The van der Waals surface area contributed by atoms with Gasteiger partial charge >= 0.3 is 11.5 Å². The van der Waals surface area contributed by atoms with Crippen molar-refractivity contribution < 1.29 is 9.90 Å². The highest BCUT2D eigenvalue weighted by atomic mass is 32.1. The first kappa shape index (κ1) is 22.6. The largest absolute Gasteiger partial charge is 0.481 e. The third kappa shape index (κ3) is 4.72. The van der Waals surface area contributed by atoms with Crippen LogP contribution in [0.15, 0.2) is 81.1 Å². The molecule has 5 aromatic rings. The van der Waals surface area contributed by atoms with E-state index in [2.05, 4.69) is 25.3 Å². The molecule has 0 aliphatic heterocycles. The summed E-state index contributed by atoms with van der Waals surface area (Å²) in [6, 6.07) is 19.1. The molecular weight excluding hydrogens is 484 g/mol. The van der Waals surface area contributed by atoms with E-state index >= 15 is 0 Å². The van der Waals surface area contributed by atoms with Crippen molar-refractivity contribution in [3.8, 4) is 27.6 Å². The van der Waals surface area contributed by atoms with Gasteiger partial charge in [-0.25, -0.2) is 9.97 Å². The number of carbonyl (C=O) groups is 1. The zero-order valence-electron chi connectivity index (χ0n) is 18.4. The molecule has 0 aliphatic carbocycles. The second-order valence-electron chi connectivity index (χ2n) is 7.49. The standard InChI is InChI=1S/C24H18N6O3S2/c1-14-17(12-19(31)32)25-23(35-14)28-27-21-20(16-10-6-3-7-11-16)29-30(22(21)33)24-26-18(13-34-24)15-8-4-2-5-9-15/h2-11,13,29H,12H2,1H3,(H,31,32). The Kier molecular flexibility index (Phi) is 6.17. The molecule has 0 aliphatic rings. The van der Waals surface area contributed by atoms with Crippen LogP contribution in [0.5, 0.6) is 0 Å². The van der Waals surface area contributed by atoms with E-state index in [0.29, 0.717) is 16.5 Å². The number of aromatic amines is 1. The number of carboxylic acids is 1. The topological polar surface area (TPSA) is 126 Å². The number of aromatic nitrogens is 4. The molecule has 3 aromatic heterocycles. The molecule has 0 spiro atoms. The zero-order chi connectivity index (χ0) is 24.4. The molecule has 174 valence electrons. The van der Waals surface area contributed by atoms with Crippen LogP contribution in [0.25, 0.3) is 27.6 Å². The number of benzene rings is 2. The number of nitrogens with zero attached hydrogens (tertiary/aromatic N) is 5. The van der Waals surface area contributed by atoms with E-state index in [1.54, 1.807) is 6.92 Å². The molecule has 0 amide bonds. The smallest absolute Gasteiger partial charge is 0.309 e. The van der Waals surface area contributed by atoms with Gasteiger partial charge in [0.05, 0.1) is 23.5 Å². The van der Waals surface area contributed by atoms with Gasteiger partial charge in [0.2, 0.25) is 10.3 Å². The van der Waals surface area contributed by atoms with Crippen molar-refractivity contribution >= 4 is 39.5 Å². The quantitative estimate of drug-likeness (QED) is 0.274. The second kappa shape index (κ2) is 9.57. The summed E-state index contributed by atoms with van der Waals surface area (Å²) in [5, 5.41) is 23.2. The SMILES string of the molecule is Cc1sc(N=Nc2c(-c3ccccc3)[nH]n(-c3nc(-c4ccccc4)cs3)c2=O)nc1CC(=O)O. The first-order chi connectivity index (χ1) is 17.0. The second-order valence-corrected chi connectivity index (χ2v) is 9.51. The van der Waals surface area contributed by atoms with Gasteiger partial charge in [0.15, 0.2) is 5.69 Å². The predicted octanol–water partition coefficient (Wildman–Crippen LogP) is 5.76. The molecule has 2 N–H and O–H groups in total. The lowest BCUT2D eigenvalue weighted by Crippen LogP contribution is -2.13. The summed E-state index contributed by atoms with van der Waals surface area (Å²) in [7, 11) is 0. The van der Waals surface area contributed by atoms with Gasteiger partial charge in [0, 0.05) is 21.4 Å². The number of nitrogens with one attached hydrogen (secondary N) is 1. The lowest BCUT2D eigenvalue weighted by molar-refractivity contribution is -0.136. The zero-order valence-corrected chi connectivity index (χ0v) is 20.0. The van der Waals surface area contributed by atoms with Crippen molar-refractivity contribution in [3.05, 3.63) is 87.0 Å². The fourth-order valence-electron chi connectivity index (χ4n) is 3.43. The number of H-pyrrole nitrogens is 1. The molecule has 0 saturated heterocycles. The van der Waals surface area contributed by atoms with Gasteiger partial charge in [0.1, 0.15) is 0 Å². The van der Waals surface area contributed by atoms with Gasteiger partial charge in [-0.15, -0.1) is 21.6 Å². The minimum Gasteiger partial charge on any atom is -0.481 e. The van der Waals surface area contributed by atoms with E-state index < -0.39 is 11.5 Å². The molecule has 0 unspecified atom stereocenters. The average molecular weight is 503 g/mol. The Balaban J connectivity index is 1.56. The summed E-state index contributed by atoms with van der Waals surface area (Å²) in [6.07, 6.45) is -0.197. The van der Waals surface area contributed by atoms with E-state index in [1.807, 2.05) is 66.0 Å². The van der Waals surface area contributed by atoms with Crippen LogP contribution in [0, 0.1) is 6.92 Å². The number of thiazole rings is 2. The summed E-state index contributed by atoms with van der Waals surface area (Å²) in [5.74, 6) is -0.972. The van der Waals surface area contributed by atoms with Crippen molar-refractivity contribution in [2.24, 2.45) is 10.2 Å². The Hall–Kier alpha value is -4.22. The number of rotatable bonds is 7. The normalized spacial score (nSPS) is 11.3. The van der Waals surface area contributed by atoms with Crippen molar-refractivity contribution in [2.75, 3.05) is 0 Å². The maximum Gasteiger partial charge on any atom is 0.309 e. The number of hydrogen-bond acceptors (Lipinski definition) is 8. The Morgan fingerprint density at radius 1 is 1.03 bits per heavy atom. The molecule has 5 rings (SSSR count). The van der Waals surface area contributed by atoms with Crippen LogP contribution in [0.1, 0.15) is 10.6 Å². The van der Waals surface area contributed by atoms with Crippen LogP contribution in [0.2, 0.25) is 0 Å². The third-order valence-corrected chi connectivity index (χ3v) is 6.84. The first-order valence-corrected chi connectivity index (χ1v) is 12.2. The van der Waals surface area contributed by atoms with E-state index in [-0.39, 0.29) is 17.2 Å². The predicted molar refractivity (Wildman–Crippen MR) is 135 cm³/mol. The summed E-state index contributed by atoms with van der Waals surface area (Å²) in [6.45, 7) is 1.78. The van der Waals surface area contributed by atoms with Crippen molar-refractivity contribution in [3.63, 3.8) is 0 Å². The van der Waals surface area contributed by atoms with Gasteiger partial charge in [-0.1, -0.05) is 72.0 Å². The summed E-state index contributed by atoms with van der Waals surface area (Å²) in [5.41, 5.74) is 3.12. The Morgan fingerprint density at radius 3 is 2.40 bits per heavy atom. The summed E-state index contributed by atoms with van der Waals surface area (Å²) < 4.78 is 1.36. The lowest BCUT2D eigenvalue weighted by Gasteiger charge is -1.99. The molecule has 0 bridgehead atoms. The first-order valence-electron chi connectivity index (χ1n) is 10.5. The molecule has 0 radical (unpaired) electrons. The Labute approximate surface area is 207 Å². The molecule has 2 aromatic carbocycles. The van der Waals surface area contributed by atoms with Crippen LogP contribution < -0.4 is 5.56 Å². The highest BCUT2D eigenvalue weighted by Crippen LogP contribution is 2.31. The highest BCUT2D eigenvalue weighted by Gasteiger charge is 2.19. The van der Waals surface area contributed by atoms with Crippen LogP contribution in [0.4, 0.5) is 10.8 Å². The summed E-state index contributed by atoms with van der Waals surface area (Å²) >= 11 is 2.56. The fourth-order valence-corrected chi connectivity index (χ4v) is 4.96. The number of hydrogen-bond donors (Lipinski definition) is 2. The highest BCUT2D eigenvalue weighted by molar-refractivity contribution is 7.15. The molecule has 9 nitrogen and oxygen atoms in total. The Bertz CT molecular complexity index is 1580. The fraction of sp³-hybridized carbons (Fsp3) is 0.0833. The van der Waals surface area contributed by atoms with E-state index in [9.17, 15) is 9.59 Å². The summed E-state index contributed by atoms with van der Waals surface area (Å²) in [4.78, 5) is 34.1. The number of aliphatic carboxylic acids is 1. The van der Waals surface area contributed by atoms with E-state index in [1.165, 1.54) is 27.4 Å². The molecule has 11 heteroatoms. The maximum atomic E-state index is 13.4. The van der Waals surface area contributed by atoms with Gasteiger partial charge in [0.25, 0.3) is 0 Å². The third-order valence-electron chi connectivity index (χ3n) is 5.12. The van der Waals surface area contributed by atoms with Crippen LogP contribution >= 0.6 is 22.7 Å². The van der Waals surface area contributed by atoms with Gasteiger partial charge in [-0.2, -0.15) is 4.68 Å². The van der Waals surface area contributed by atoms with Crippen molar-refractivity contribution in [1.29, 1.82) is 0 Å². The molecule has 3 heterocycles. The molecule has 35 heavy (non-hydrogen) atoms. The molecular formula is C24H18N6O3S2.